The molecule has 1 fully saturated rings. The molecule has 3 nitrogen and oxygen atoms in total. The van der Waals surface area contributed by atoms with E-state index in [4.69, 9.17) is 0 Å². The van der Waals surface area contributed by atoms with Crippen molar-refractivity contribution < 1.29 is 4.79 Å². The van der Waals surface area contributed by atoms with Crippen LogP contribution in [-0.4, -0.2) is 19.0 Å². The van der Waals surface area contributed by atoms with Crippen LogP contribution in [0.1, 0.15) is 38.2 Å². The van der Waals surface area contributed by atoms with Gasteiger partial charge < -0.3 is 10.6 Å². The molecule has 2 N–H and O–H groups in total. The molecule has 0 aromatic heterocycles. The van der Waals surface area contributed by atoms with Crippen molar-refractivity contribution in [3.05, 3.63) is 28.2 Å². The van der Waals surface area contributed by atoms with Crippen LogP contribution in [0.25, 0.3) is 0 Å². The topological polar surface area (TPSA) is 41.1 Å². The van der Waals surface area contributed by atoms with Gasteiger partial charge >= 0.3 is 0 Å². The first-order valence-corrected chi connectivity index (χ1v) is 8.27. The predicted molar refractivity (Wildman–Crippen MR) is 87.0 cm³/mol. The van der Waals surface area contributed by atoms with Gasteiger partial charge in [0.15, 0.2) is 0 Å². The fourth-order valence-electron chi connectivity index (χ4n) is 2.70. The molecule has 1 aromatic carbocycles. The van der Waals surface area contributed by atoms with E-state index in [9.17, 15) is 4.79 Å². The molecular weight excluding hydrogens is 316 g/mol. The van der Waals surface area contributed by atoms with Crippen LogP contribution in [0.5, 0.6) is 0 Å². The van der Waals surface area contributed by atoms with Crippen molar-refractivity contribution in [2.24, 2.45) is 5.92 Å². The molecule has 4 heteroatoms. The number of anilines is 1. The Hall–Kier alpha value is -0.870. The molecule has 1 aliphatic heterocycles. The fraction of sp³-hybridized carbons (Fsp3) is 0.562. The van der Waals surface area contributed by atoms with Crippen LogP contribution in [0.4, 0.5) is 5.69 Å². The van der Waals surface area contributed by atoms with E-state index in [1.807, 2.05) is 12.1 Å². The summed E-state index contributed by atoms with van der Waals surface area (Å²) in [6.45, 7) is 4.30. The number of aryl methyl sites for hydroxylation is 1. The van der Waals surface area contributed by atoms with Crippen LogP contribution in [0.15, 0.2) is 22.7 Å². The van der Waals surface area contributed by atoms with Crippen LogP contribution in [0, 0.1) is 5.92 Å². The molecule has 110 valence electrons. The summed E-state index contributed by atoms with van der Waals surface area (Å²) < 4.78 is 1.06. The minimum absolute atomic E-state index is 0.139. The van der Waals surface area contributed by atoms with Crippen LogP contribution in [-0.2, 0) is 11.2 Å². The minimum atomic E-state index is 0.139. The highest BCUT2D eigenvalue weighted by molar-refractivity contribution is 9.10. The van der Waals surface area contributed by atoms with Crippen LogP contribution in [0.2, 0.25) is 0 Å². The molecule has 0 bridgehead atoms. The number of halogens is 1. The van der Waals surface area contributed by atoms with Crippen LogP contribution < -0.4 is 10.6 Å². The summed E-state index contributed by atoms with van der Waals surface area (Å²) in [5.74, 6) is 0.845. The zero-order chi connectivity index (χ0) is 14.4. The lowest BCUT2D eigenvalue weighted by Crippen LogP contribution is -2.28. The normalized spacial score (nSPS) is 16.1. The third kappa shape index (κ3) is 4.60. The van der Waals surface area contributed by atoms with Crippen molar-refractivity contribution in [2.75, 3.05) is 18.4 Å². The first-order valence-electron chi connectivity index (χ1n) is 7.48. The van der Waals surface area contributed by atoms with E-state index in [2.05, 4.69) is 39.6 Å². The van der Waals surface area contributed by atoms with Crippen molar-refractivity contribution in [2.45, 2.75) is 39.0 Å². The number of benzene rings is 1. The zero-order valence-electron chi connectivity index (χ0n) is 12.0. The van der Waals surface area contributed by atoms with Crippen molar-refractivity contribution in [3.8, 4) is 0 Å². The average molecular weight is 339 g/mol. The molecule has 0 aliphatic carbocycles. The standard InChI is InChI=1S/C16H23BrN2O/c1-2-13-11-14(17)4-5-15(13)19-16(20)6-3-12-7-9-18-10-8-12/h4-5,11-12,18H,2-3,6-10H2,1H3,(H,19,20). The molecule has 1 amide bonds. The molecule has 1 saturated heterocycles. The van der Waals surface area contributed by atoms with Gasteiger partial charge in [-0.15, -0.1) is 0 Å². The predicted octanol–water partition coefficient (Wildman–Crippen LogP) is 3.73. The van der Waals surface area contributed by atoms with E-state index in [-0.39, 0.29) is 5.91 Å². The average Bonchev–Trinajstić information content (AvgIpc) is 2.48. The molecular formula is C16H23BrN2O. The second kappa shape index (κ2) is 7.79. The minimum Gasteiger partial charge on any atom is -0.326 e. The number of hydrogen-bond acceptors (Lipinski definition) is 2. The molecule has 0 atom stereocenters. The Morgan fingerprint density at radius 3 is 2.85 bits per heavy atom. The first-order chi connectivity index (χ1) is 9.69. The van der Waals surface area contributed by atoms with Gasteiger partial charge in [0, 0.05) is 16.6 Å². The van der Waals surface area contributed by atoms with E-state index < -0.39 is 0 Å². The monoisotopic (exact) mass is 338 g/mol. The largest absolute Gasteiger partial charge is 0.326 e. The summed E-state index contributed by atoms with van der Waals surface area (Å²) >= 11 is 3.47. The van der Waals surface area contributed by atoms with E-state index in [1.165, 1.54) is 18.4 Å². The fourth-order valence-corrected chi connectivity index (χ4v) is 3.10. The molecule has 0 radical (unpaired) electrons. The molecule has 1 aromatic rings. The number of carbonyl (C=O) groups excluding carboxylic acids is 1. The molecule has 0 unspecified atom stereocenters. The number of nitrogens with one attached hydrogen (secondary N) is 2. The maximum Gasteiger partial charge on any atom is 0.224 e. The zero-order valence-corrected chi connectivity index (χ0v) is 13.6. The van der Waals surface area contributed by atoms with Gasteiger partial charge in [-0.1, -0.05) is 22.9 Å². The summed E-state index contributed by atoms with van der Waals surface area (Å²) in [7, 11) is 0. The lowest BCUT2D eigenvalue weighted by molar-refractivity contribution is -0.116. The summed E-state index contributed by atoms with van der Waals surface area (Å²) in [6, 6.07) is 6.02. The summed E-state index contributed by atoms with van der Waals surface area (Å²) in [5.41, 5.74) is 2.13. The van der Waals surface area contributed by atoms with Gasteiger partial charge in [0.2, 0.25) is 5.91 Å². The van der Waals surface area contributed by atoms with Crippen LogP contribution in [0.3, 0.4) is 0 Å². The Kier molecular flexibility index (Phi) is 6.05. The summed E-state index contributed by atoms with van der Waals surface area (Å²) in [5, 5.41) is 6.41. The van der Waals surface area contributed by atoms with E-state index in [0.29, 0.717) is 12.3 Å². The van der Waals surface area contributed by atoms with Crippen molar-refractivity contribution in [3.63, 3.8) is 0 Å². The third-order valence-electron chi connectivity index (χ3n) is 3.96. The number of hydrogen-bond donors (Lipinski definition) is 2. The van der Waals surface area contributed by atoms with Crippen molar-refractivity contribution >= 4 is 27.5 Å². The first kappa shape index (κ1) is 15.5. The van der Waals surface area contributed by atoms with Gasteiger partial charge in [0.1, 0.15) is 0 Å². The van der Waals surface area contributed by atoms with E-state index >= 15 is 0 Å². The number of rotatable bonds is 5. The van der Waals surface area contributed by atoms with Gasteiger partial charge in [0.05, 0.1) is 0 Å². The molecule has 2 rings (SSSR count). The summed E-state index contributed by atoms with van der Waals surface area (Å²) in [6.07, 6.45) is 4.95. The Labute approximate surface area is 129 Å². The number of carbonyl (C=O) groups is 1. The Morgan fingerprint density at radius 2 is 2.15 bits per heavy atom. The lowest BCUT2D eigenvalue weighted by atomic mass is 9.93. The smallest absolute Gasteiger partial charge is 0.224 e. The Balaban J connectivity index is 1.84. The van der Waals surface area contributed by atoms with Gasteiger partial charge in [-0.25, -0.2) is 0 Å². The maximum absolute atomic E-state index is 12.1. The Bertz CT molecular complexity index is 456. The highest BCUT2D eigenvalue weighted by Gasteiger charge is 2.15. The van der Waals surface area contributed by atoms with E-state index in [0.717, 1.165) is 36.1 Å². The van der Waals surface area contributed by atoms with Crippen molar-refractivity contribution in [1.29, 1.82) is 0 Å². The number of amides is 1. The molecule has 20 heavy (non-hydrogen) atoms. The molecule has 1 heterocycles. The lowest BCUT2D eigenvalue weighted by Gasteiger charge is -2.22. The third-order valence-corrected chi connectivity index (χ3v) is 4.45. The molecule has 0 saturated carbocycles. The molecule has 0 spiro atoms. The van der Waals surface area contributed by atoms with Crippen LogP contribution >= 0.6 is 15.9 Å². The SMILES string of the molecule is CCc1cc(Br)ccc1NC(=O)CCC1CCNCC1. The van der Waals surface area contributed by atoms with Gasteiger partial charge in [-0.2, -0.15) is 0 Å². The highest BCUT2D eigenvalue weighted by atomic mass is 79.9. The second-order valence-electron chi connectivity index (χ2n) is 5.44. The number of piperidine rings is 1. The Morgan fingerprint density at radius 1 is 1.40 bits per heavy atom. The van der Waals surface area contributed by atoms with Gasteiger partial charge in [-0.3, -0.25) is 4.79 Å². The van der Waals surface area contributed by atoms with E-state index in [1.54, 1.807) is 0 Å². The van der Waals surface area contributed by atoms with Gasteiger partial charge in [-0.05, 0) is 68.5 Å². The second-order valence-corrected chi connectivity index (χ2v) is 6.35. The highest BCUT2D eigenvalue weighted by Crippen LogP contribution is 2.23. The summed E-state index contributed by atoms with van der Waals surface area (Å²) in [4.78, 5) is 12.1. The molecule has 1 aliphatic rings. The maximum atomic E-state index is 12.1. The van der Waals surface area contributed by atoms with Gasteiger partial charge in [0.25, 0.3) is 0 Å². The quantitative estimate of drug-likeness (QED) is 0.858. The van der Waals surface area contributed by atoms with Crippen molar-refractivity contribution in [1.82, 2.24) is 5.32 Å².